The van der Waals surface area contributed by atoms with Crippen LogP contribution in [0.4, 0.5) is 5.82 Å². The van der Waals surface area contributed by atoms with Crippen LogP contribution in [0.15, 0.2) is 12.3 Å². The van der Waals surface area contributed by atoms with Gasteiger partial charge >= 0.3 is 0 Å². The average Bonchev–Trinajstić information content (AvgIpc) is 2.46. The molecule has 116 valence electrons. The zero-order chi connectivity index (χ0) is 15.6. The smallest absolute Gasteiger partial charge is 0.253 e. The molecule has 0 N–H and O–H groups in total. The molecule has 0 aromatic carbocycles. The fourth-order valence-corrected chi connectivity index (χ4v) is 2.18. The van der Waals surface area contributed by atoms with E-state index >= 15 is 0 Å². The normalized spacial score (nSPS) is 19.5. The van der Waals surface area contributed by atoms with Crippen LogP contribution >= 0.6 is 0 Å². The zero-order valence-corrected chi connectivity index (χ0v) is 13.5. The van der Waals surface area contributed by atoms with Gasteiger partial charge in [-0.2, -0.15) is 0 Å². The number of rotatable bonds is 2. The molecular weight excluding hydrogens is 268 g/mol. The number of nitrogens with zero attached hydrogens (tertiary/aromatic N) is 4. The van der Waals surface area contributed by atoms with E-state index in [4.69, 9.17) is 4.74 Å². The van der Waals surface area contributed by atoms with E-state index in [1.807, 2.05) is 6.07 Å². The predicted molar refractivity (Wildman–Crippen MR) is 81.4 cm³/mol. The average molecular weight is 292 g/mol. The van der Waals surface area contributed by atoms with Crippen LogP contribution < -0.4 is 4.90 Å². The Morgan fingerprint density at radius 2 is 2.14 bits per heavy atom. The predicted octanol–water partition coefficient (Wildman–Crippen LogP) is 1.07. The second kappa shape index (κ2) is 5.97. The number of amides is 1. The van der Waals surface area contributed by atoms with Crippen molar-refractivity contribution >= 4 is 11.7 Å². The summed E-state index contributed by atoms with van der Waals surface area (Å²) >= 11 is 0. The Morgan fingerprint density at radius 3 is 2.76 bits per heavy atom. The Kier molecular flexibility index (Phi) is 4.46. The first kappa shape index (κ1) is 15.7. The molecule has 0 saturated carbocycles. The summed E-state index contributed by atoms with van der Waals surface area (Å²) in [6.07, 6.45) is 1.35. The molecule has 21 heavy (non-hydrogen) atoms. The minimum absolute atomic E-state index is 0.00944. The number of morpholine rings is 1. The van der Waals surface area contributed by atoms with Crippen LogP contribution in [0, 0.1) is 0 Å². The quantitative estimate of drug-likeness (QED) is 0.816. The minimum Gasteiger partial charge on any atom is -0.365 e. The topological polar surface area (TPSA) is 58.6 Å². The molecule has 0 bridgehead atoms. The summed E-state index contributed by atoms with van der Waals surface area (Å²) < 4.78 is 5.57. The van der Waals surface area contributed by atoms with Crippen LogP contribution in [-0.4, -0.2) is 60.7 Å². The van der Waals surface area contributed by atoms with Gasteiger partial charge in [-0.1, -0.05) is 20.8 Å². The molecule has 1 saturated heterocycles. The first-order valence-corrected chi connectivity index (χ1v) is 7.20. The van der Waals surface area contributed by atoms with Gasteiger partial charge in [-0.05, 0) is 6.07 Å². The number of carbonyl (C=O) groups excluding carboxylic acids is 1. The molecule has 1 aliphatic heterocycles. The van der Waals surface area contributed by atoms with Crippen molar-refractivity contribution in [2.75, 3.05) is 38.7 Å². The monoisotopic (exact) mass is 292 g/mol. The van der Waals surface area contributed by atoms with Crippen molar-refractivity contribution in [1.82, 2.24) is 14.9 Å². The van der Waals surface area contributed by atoms with Crippen LogP contribution in [-0.2, 0) is 14.9 Å². The summed E-state index contributed by atoms with van der Waals surface area (Å²) in [7, 11) is 3.49. The van der Waals surface area contributed by atoms with Crippen molar-refractivity contribution in [3.63, 3.8) is 0 Å². The maximum atomic E-state index is 12.0. The number of carbonyl (C=O) groups is 1. The highest BCUT2D eigenvalue weighted by Gasteiger charge is 2.29. The third-order valence-corrected chi connectivity index (χ3v) is 3.42. The summed E-state index contributed by atoms with van der Waals surface area (Å²) in [6.45, 7) is 8.05. The number of anilines is 1. The second-order valence-corrected chi connectivity index (χ2v) is 6.53. The fraction of sp³-hybridized carbons (Fsp3) is 0.667. The molecular formula is C15H24N4O2. The van der Waals surface area contributed by atoms with Gasteiger partial charge in [0.25, 0.3) is 5.91 Å². The van der Waals surface area contributed by atoms with Gasteiger partial charge in [0.05, 0.1) is 13.2 Å². The SMILES string of the molecule is CN(C)C(=O)C1CN(c2ccnc(C(C)(C)C)n2)CCO1. The number of ether oxygens (including phenoxy) is 1. The van der Waals surface area contributed by atoms with E-state index in [0.717, 1.165) is 18.2 Å². The van der Waals surface area contributed by atoms with E-state index in [9.17, 15) is 4.79 Å². The lowest BCUT2D eigenvalue weighted by atomic mass is 9.96. The summed E-state index contributed by atoms with van der Waals surface area (Å²) in [5, 5.41) is 0. The molecule has 1 aliphatic rings. The van der Waals surface area contributed by atoms with Crippen molar-refractivity contribution in [3.8, 4) is 0 Å². The molecule has 1 aromatic heterocycles. The summed E-state index contributed by atoms with van der Waals surface area (Å²) in [5.41, 5.74) is -0.0961. The van der Waals surface area contributed by atoms with Gasteiger partial charge in [0.15, 0.2) is 6.10 Å². The Labute approximate surface area is 126 Å². The van der Waals surface area contributed by atoms with E-state index in [2.05, 4.69) is 35.6 Å². The van der Waals surface area contributed by atoms with Crippen molar-refractivity contribution < 1.29 is 9.53 Å². The maximum Gasteiger partial charge on any atom is 0.253 e. The molecule has 1 atom stereocenters. The van der Waals surface area contributed by atoms with Gasteiger partial charge in [0.1, 0.15) is 11.6 Å². The van der Waals surface area contributed by atoms with Gasteiger partial charge in [0, 0.05) is 32.3 Å². The van der Waals surface area contributed by atoms with Gasteiger partial charge in [-0.25, -0.2) is 9.97 Å². The Hall–Kier alpha value is -1.69. The largest absolute Gasteiger partial charge is 0.365 e. The number of hydrogen-bond acceptors (Lipinski definition) is 5. The molecule has 2 rings (SSSR count). The Balaban J connectivity index is 2.16. The molecule has 2 heterocycles. The van der Waals surface area contributed by atoms with Crippen LogP contribution in [0.2, 0.25) is 0 Å². The van der Waals surface area contributed by atoms with Crippen molar-refractivity contribution in [3.05, 3.63) is 18.1 Å². The van der Waals surface area contributed by atoms with E-state index in [0.29, 0.717) is 13.2 Å². The Morgan fingerprint density at radius 1 is 1.43 bits per heavy atom. The standard InChI is InChI=1S/C15H24N4O2/c1-15(2,3)14-16-7-6-12(17-14)19-8-9-21-11(10-19)13(20)18(4)5/h6-7,11H,8-10H2,1-5H3. The molecule has 1 aromatic rings. The first-order chi connectivity index (χ1) is 9.79. The van der Waals surface area contributed by atoms with Gasteiger partial charge in [0.2, 0.25) is 0 Å². The van der Waals surface area contributed by atoms with Gasteiger partial charge in [-0.15, -0.1) is 0 Å². The third-order valence-electron chi connectivity index (χ3n) is 3.42. The number of aromatic nitrogens is 2. The van der Waals surface area contributed by atoms with E-state index < -0.39 is 6.10 Å². The van der Waals surface area contributed by atoms with Crippen LogP contribution in [0.1, 0.15) is 26.6 Å². The van der Waals surface area contributed by atoms with Crippen molar-refractivity contribution in [2.45, 2.75) is 32.3 Å². The third kappa shape index (κ3) is 3.69. The highest BCUT2D eigenvalue weighted by Crippen LogP contribution is 2.21. The molecule has 0 spiro atoms. The molecule has 1 amide bonds. The highest BCUT2D eigenvalue weighted by molar-refractivity contribution is 5.81. The minimum atomic E-state index is -0.429. The van der Waals surface area contributed by atoms with Crippen molar-refractivity contribution in [1.29, 1.82) is 0 Å². The van der Waals surface area contributed by atoms with Gasteiger partial charge in [-0.3, -0.25) is 4.79 Å². The molecule has 1 fully saturated rings. The summed E-state index contributed by atoms with van der Waals surface area (Å²) in [6, 6.07) is 1.89. The van der Waals surface area contributed by atoms with Crippen LogP contribution in [0.3, 0.4) is 0 Å². The molecule has 6 heteroatoms. The van der Waals surface area contributed by atoms with Gasteiger partial charge < -0.3 is 14.5 Å². The molecule has 6 nitrogen and oxygen atoms in total. The van der Waals surface area contributed by atoms with Crippen LogP contribution in [0.25, 0.3) is 0 Å². The van der Waals surface area contributed by atoms with E-state index in [1.165, 1.54) is 0 Å². The maximum absolute atomic E-state index is 12.0. The molecule has 0 radical (unpaired) electrons. The fourth-order valence-electron chi connectivity index (χ4n) is 2.18. The molecule has 1 unspecified atom stereocenters. The second-order valence-electron chi connectivity index (χ2n) is 6.53. The lowest BCUT2D eigenvalue weighted by molar-refractivity contribution is -0.141. The van der Waals surface area contributed by atoms with Crippen molar-refractivity contribution in [2.24, 2.45) is 0 Å². The zero-order valence-electron chi connectivity index (χ0n) is 13.5. The van der Waals surface area contributed by atoms with E-state index in [-0.39, 0.29) is 11.3 Å². The lowest BCUT2D eigenvalue weighted by Crippen LogP contribution is -2.49. The molecule has 0 aliphatic carbocycles. The number of hydrogen-bond donors (Lipinski definition) is 0. The summed E-state index contributed by atoms with van der Waals surface area (Å²) in [5.74, 6) is 1.65. The highest BCUT2D eigenvalue weighted by atomic mass is 16.5. The summed E-state index contributed by atoms with van der Waals surface area (Å²) in [4.78, 5) is 24.7. The first-order valence-electron chi connectivity index (χ1n) is 7.20. The van der Waals surface area contributed by atoms with E-state index in [1.54, 1.807) is 25.2 Å². The van der Waals surface area contributed by atoms with Crippen LogP contribution in [0.5, 0.6) is 0 Å². The Bertz CT molecular complexity index is 511. The number of likely N-dealkylation sites (N-methyl/N-ethyl adjacent to an activating group) is 1. The lowest BCUT2D eigenvalue weighted by Gasteiger charge is -2.34.